The third-order valence-corrected chi connectivity index (χ3v) is 3.20. The molecule has 1 saturated carbocycles. The minimum atomic E-state index is 0.192. The Morgan fingerprint density at radius 2 is 2.31 bits per heavy atom. The fourth-order valence-corrected chi connectivity index (χ4v) is 2.48. The zero-order chi connectivity index (χ0) is 9.26. The Balaban J connectivity index is 1.88. The molecule has 0 aromatic rings. The molecular formula is C10H14ClNO. The molecule has 0 aromatic heterocycles. The predicted octanol–water partition coefficient (Wildman–Crippen LogP) is 1.55. The fourth-order valence-electron chi connectivity index (χ4n) is 2.38. The molecule has 1 fully saturated rings. The van der Waals surface area contributed by atoms with Gasteiger partial charge in [-0.1, -0.05) is 12.2 Å². The number of alkyl halides is 1. The number of hydrogen-bond donors (Lipinski definition) is 1. The standard InChI is InChI=1S/C10H14ClNO/c11-3-4-12-10(13)9-6-7-1-2-8(9)5-7/h1-2,7-9H,3-6H2,(H,12,13). The smallest absolute Gasteiger partial charge is 0.223 e. The first-order valence-corrected chi connectivity index (χ1v) is 5.36. The van der Waals surface area contributed by atoms with Gasteiger partial charge in [-0.15, -0.1) is 11.6 Å². The molecule has 72 valence electrons. The molecule has 2 aliphatic rings. The fraction of sp³-hybridized carbons (Fsp3) is 0.700. The van der Waals surface area contributed by atoms with Crippen LogP contribution in [0.5, 0.6) is 0 Å². The zero-order valence-electron chi connectivity index (χ0n) is 7.50. The van der Waals surface area contributed by atoms with Gasteiger partial charge in [-0.25, -0.2) is 0 Å². The van der Waals surface area contributed by atoms with E-state index in [9.17, 15) is 4.79 Å². The summed E-state index contributed by atoms with van der Waals surface area (Å²) in [5, 5.41) is 2.85. The van der Waals surface area contributed by atoms with E-state index in [1.165, 1.54) is 6.42 Å². The molecular weight excluding hydrogens is 186 g/mol. The van der Waals surface area contributed by atoms with E-state index >= 15 is 0 Å². The maximum Gasteiger partial charge on any atom is 0.223 e. The molecule has 0 aliphatic heterocycles. The second kappa shape index (κ2) is 3.70. The first-order valence-electron chi connectivity index (χ1n) is 4.83. The molecule has 3 atom stereocenters. The lowest BCUT2D eigenvalue weighted by Gasteiger charge is -2.16. The summed E-state index contributed by atoms with van der Waals surface area (Å²) in [6.07, 6.45) is 6.66. The largest absolute Gasteiger partial charge is 0.355 e. The molecule has 2 rings (SSSR count). The lowest BCUT2D eigenvalue weighted by atomic mass is 9.93. The minimum Gasteiger partial charge on any atom is -0.355 e. The van der Waals surface area contributed by atoms with Crippen molar-refractivity contribution in [3.05, 3.63) is 12.2 Å². The maximum atomic E-state index is 11.6. The molecule has 3 unspecified atom stereocenters. The van der Waals surface area contributed by atoms with Gasteiger partial charge in [0.1, 0.15) is 0 Å². The molecule has 0 aromatic carbocycles. The van der Waals surface area contributed by atoms with Crippen LogP contribution in [0.15, 0.2) is 12.2 Å². The van der Waals surface area contributed by atoms with Crippen LogP contribution in [0.1, 0.15) is 12.8 Å². The molecule has 13 heavy (non-hydrogen) atoms. The normalized spacial score (nSPS) is 35.3. The Labute approximate surface area is 83.3 Å². The third kappa shape index (κ3) is 1.73. The topological polar surface area (TPSA) is 29.1 Å². The van der Waals surface area contributed by atoms with E-state index in [4.69, 9.17) is 11.6 Å². The number of allylic oxidation sites excluding steroid dienone is 2. The van der Waals surface area contributed by atoms with Crippen molar-refractivity contribution in [3.8, 4) is 0 Å². The van der Waals surface area contributed by atoms with Crippen LogP contribution in [0.2, 0.25) is 0 Å². The quantitative estimate of drug-likeness (QED) is 0.543. The number of rotatable bonds is 3. The summed E-state index contributed by atoms with van der Waals surface area (Å²) in [6.45, 7) is 0.595. The number of hydrogen-bond acceptors (Lipinski definition) is 1. The average Bonchev–Trinajstić information content (AvgIpc) is 2.74. The van der Waals surface area contributed by atoms with Gasteiger partial charge in [0.25, 0.3) is 0 Å². The second-order valence-corrected chi connectivity index (χ2v) is 4.24. The molecule has 0 radical (unpaired) electrons. The average molecular weight is 200 g/mol. The van der Waals surface area contributed by atoms with Crippen LogP contribution < -0.4 is 5.32 Å². The summed E-state index contributed by atoms with van der Waals surface area (Å²) >= 11 is 5.50. The minimum absolute atomic E-state index is 0.192. The highest BCUT2D eigenvalue weighted by Crippen LogP contribution is 2.43. The van der Waals surface area contributed by atoms with E-state index in [0.717, 1.165) is 6.42 Å². The van der Waals surface area contributed by atoms with Crippen molar-refractivity contribution in [2.75, 3.05) is 12.4 Å². The van der Waals surface area contributed by atoms with Crippen LogP contribution >= 0.6 is 11.6 Å². The van der Waals surface area contributed by atoms with Gasteiger partial charge in [0.2, 0.25) is 5.91 Å². The van der Waals surface area contributed by atoms with Crippen LogP contribution in [-0.2, 0) is 4.79 Å². The van der Waals surface area contributed by atoms with Crippen molar-refractivity contribution in [1.29, 1.82) is 0 Å². The first-order chi connectivity index (χ1) is 6.31. The predicted molar refractivity (Wildman–Crippen MR) is 52.6 cm³/mol. The number of halogens is 1. The molecule has 3 heteroatoms. The molecule has 0 spiro atoms. The third-order valence-electron chi connectivity index (χ3n) is 3.01. The van der Waals surface area contributed by atoms with Crippen LogP contribution in [0.3, 0.4) is 0 Å². The summed E-state index contributed by atoms with van der Waals surface area (Å²) in [7, 11) is 0. The van der Waals surface area contributed by atoms with Gasteiger partial charge in [-0.3, -0.25) is 4.79 Å². The van der Waals surface area contributed by atoms with E-state index in [2.05, 4.69) is 17.5 Å². The lowest BCUT2D eigenvalue weighted by molar-refractivity contribution is -0.125. The SMILES string of the molecule is O=C(NCCCl)C1CC2C=CC1C2. The van der Waals surface area contributed by atoms with Crippen molar-refractivity contribution in [2.45, 2.75) is 12.8 Å². The van der Waals surface area contributed by atoms with Crippen molar-refractivity contribution >= 4 is 17.5 Å². The Bertz CT molecular complexity index is 239. The van der Waals surface area contributed by atoms with E-state index < -0.39 is 0 Å². The molecule has 0 saturated heterocycles. The van der Waals surface area contributed by atoms with E-state index in [1.807, 2.05) is 0 Å². The summed E-state index contributed by atoms with van der Waals surface area (Å²) in [6, 6.07) is 0. The number of fused-ring (bicyclic) bond motifs is 2. The van der Waals surface area contributed by atoms with Gasteiger partial charge in [0, 0.05) is 18.3 Å². The Morgan fingerprint density at radius 1 is 1.46 bits per heavy atom. The summed E-state index contributed by atoms with van der Waals surface area (Å²) < 4.78 is 0. The Kier molecular flexibility index (Phi) is 2.58. The van der Waals surface area contributed by atoms with Gasteiger partial charge in [0.05, 0.1) is 0 Å². The number of carbonyl (C=O) groups is 1. The molecule has 2 nitrogen and oxygen atoms in total. The van der Waals surface area contributed by atoms with Crippen molar-refractivity contribution in [1.82, 2.24) is 5.32 Å². The van der Waals surface area contributed by atoms with E-state index in [-0.39, 0.29) is 11.8 Å². The van der Waals surface area contributed by atoms with Crippen LogP contribution in [0, 0.1) is 17.8 Å². The Morgan fingerprint density at radius 3 is 2.85 bits per heavy atom. The van der Waals surface area contributed by atoms with Gasteiger partial charge in [-0.05, 0) is 24.7 Å². The van der Waals surface area contributed by atoms with Gasteiger partial charge in [0.15, 0.2) is 0 Å². The van der Waals surface area contributed by atoms with Gasteiger partial charge < -0.3 is 5.32 Å². The van der Waals surface area contributed by atoms with E-state index in [1.54, 1.807) is 0 Å². The molecule has 1 amide bonds. The molecule has 2 bridgehead atoms. The second-order valence-electron chi connectivity index (χ2n) is 3.87. The molecule has 1 N–H and O–H groups in total. The highest BCUT2D eigenvalue weighted by atomic mass is 35.5. The molecule has 2 aliphatic carbocycles. The lowest BCUT2D eigenvalue weighted by Crippen LogP contribution is -2.33. The number of amides is 1. The van der Waals surface area contributed by atoms with Crippen LogP contribution in [0.4, 0.5) is 0 Å². The zero-order valence-corrected chi connectivity index (χ0v) is 8.26. The van der Waals surface area contributed by atoms with Gasteiger partial charge in [-0.2, -0.15) is 0 Å². The van der Waals surface area contributed by atoms with Crippen LogP contribution in [0.25, 0.3) is 0 Å². The maximum absolute atomic E-state index is 11.6. The molecule has 0 heterocycles. The van der Waals surface area contributed by atoms with E-state index in [0.29, 0.717) is 24.3 Å². The van der Waals surface area contributed by atoms with Crippen molar-refractivity contribution in [3.63, 3.8) is 0 Å². The first kappa shape index (κ1) is 9.07. The number of nitrogens with one attached hydrogen (secondary N) is 1. The Hall–Kier alpha value is -0.500. The number of carbonyl (C=O) groups excluding carboxylic acids is 1. The summed E-state index contributed by atoms with van der Waals surface area (Å²) in [4.78, 5) is 11.6. The van der Waals surface area contributed by atoms with Crippen LogP contribution in [-0.4, -0.2) is 18.3 Å². The van der Waals surface area contributed by atoms with Crippen molar-refractivity contribution < 1.29 is 4.79 Å². The summed E-state index contributed by atoms with van der Waals surface area (Å²) in [5.41, 5.74) is 0. The van der Waals surface area contributed by atoms with Crippen molar-refractivity contribution in [2.24, 2.45) is 17.8 Å². The monoisotopic (exact) mass is 199 g/mol. The van der Waals surface area contributed by atoms with Gasteiger partial charge >= 0.3 is 0 Å². The highest BCUT2D eigenvalue weighted by Gasteiger charge is 2.39. The summed E-state index contributed by atoms with van der Waals surface area (Å²) in [5.74, 6) is 2.08. The highest BCUT2D eigenvalue weighted by molar-refractivity contribution is 6.18.